The summed E-state index contributed by atoms with van der Waals surface area (Å²) in [5.74, 6) is 0.660. The molecular formula is C17H24O. The summed E-state index contributed by atoms with van der Waals surface area (Å²) in [5, 5.41) is 11.6. The predicted molar refractivity (Wildman–Crippen MR) is 74.3 cm³/mol. The summed E-state index contributed by atoms with van der Waals surface area (Å²) in [4.78, 5) is 0. The number of aliphatic hydroxyl groups is 1. The first kappa shape index (κ1) is 12.2. The van der Waals surface area contributed by atoms with E-state index in [1.54, 1.807) is 0 Å². The molecule has 1 nitrogen and oxygen atoms in total. The SMILES string of the molecule is Cc1cccc(C2(O)C3(C)CCC(C3)C2(C)C)c1. The highest BCUT2D eigenvalue weighted by Gasteiger charge is 2.68. The topological polar surface area (TPSA) is 20.2 Å². The van der Waals surface area contributed by atoms with Crippen molar-refractivity contribution in [2.45, 2.75) is 52.6 Å². The Kier molecular flexibility index (Phi) is 2.30. The maximum absolute atomic E-state index is 11.6. The van der Waals surface area contributed by atoms with Gasteiger partial charge in [0, 0.05) is 10.8 Å². The number of fused-ring (bicyclic) bond motifs is 2. The third kappa shape index (κ3) is 1.21. The summed E-state index contributed by atoms with van der Waals surface area (Å²) in [6.45, 7) is 8.90. The fourth-order valence-electron chi connectivity index (χ4n) is 4.85. The van der Waals surface area contributed by atoms with Gasteiger partial charge in [-0.05, 0) is 37.7 Å². The normalized spacial score (nSPS) is 41.3. The number of rotatable bonds is 1. The Morgan fingerprint density at radius 3 is 2.50 bits per heavy atom. The highest BCUT2D eigenvalue weighted by atomic mass is 16.3. The smallest absolute Gasteiger partial charge is 0.100 e. The van der Waals surface area contributed by atoms with Gasteiger partial charge in [-0.2, -0.15) is 0 Å². The van der Waals surface area contributed by atoms with Crippen molar-refractivity contribution in [1.29, 1.82) is 0 Å². The van der Waals surface area contributed by atoms with Gasteiger partial charge in [0.1, 0.15) is 5.60 Å². The number of aryl methyl sites for hydroxylation is 1. The van der Waals surface area contributed by atoms with E-state index in [1.165, 1.54) is 18.4 Å². The van der Waals surface area contributed by atoms with Crippen LogP contribution in [-0.2, 0) is 5.60 Å². The van der Waals surface area contributed by atoms with Crippen LogP contribution in [0.2, 0.25) is 0 Å². The molecule has 2 bridgehead atoms. The molecule has 2 saturated carbocycles. The average Bonchev–Trinajstić information content (AvgIpc) is 2.77. The fourth-order valence-corrected chi connectivity index (χ4v) is 4.85. The molecule has 1 N–H and O–H groups in total. The summed E-state index contributed by atoms with van der Waals surface area (Å²) < 4.78 is 0. The van der Waals surface area contributed by atoms with Gasteiger partial charge in [-0.3, -0.25) is 0 Å². The molecule has 98 valence electrons. The molecule has 0 heterocycles. The van der Waals surface area contributed by atoms with E-state index in [-0.39, 0.29) is 10.8 Å². The molecule has 3 unspecified atom stereocenters. The molecule has 0 amide bonds. The highest BCUT2D eigenvalue weighted by molar-refractivity contribution is 5.35. The second-order valence-corrected chi connectivity index (χ2v) is 7.30. The van der Waals surface area contributed by atoms with Crippen molar-refractivity contribution in [2.75, 3.05) is 0 Å². The van der Waals surface area contributed by atoms with E-state index in [0.717, 1.165) is 12.0 Å². The summed E-state index contributed by atoms with van der Waals surface area (Å²) >= 11 is 0. The van der Waals surface area contributed by atoms with Crippen molar-refractivity contribution in [3.8, 4) is 0 Å². The van der Waals surface area contributed by atoms with Crippen LogP contribution < -0.4 is 0 Å². The number of hydrogen-bond acceptors (Lipinski definition) is 1. The standard InChI is InChI=1S/C17H24O/c1-12-6-5-7-13(10-12)17(18)15(2,3)14-8-9-16(17,4)11-14/h5-7,10,14,18H,8-9,11H2,1-4H3. The largest absolute Gasteiger partial charge is 0.384 e. The third-order valence-corrected chi connectivity index (χ3v) is 6.00. The Balaban J connectivity index is 2.19. The summed E-state index contributed by atoms with van der Waals surface area (Å²) in [7, 11) is 0. The molecule has 1 aromatic rings. The van der Waals surface area contributed by atoms with Crippen molar-refractivity contribution in [2.24, 2.45) is 16.7 Å². The van der Waals surface area contributed by atoms with E-state index in [1.807, 2.05) is 0 Å². The summed E-state index contributed by atoms with van der Waals surface area (Å²) in [5.41, 5.74) is 1.72. The lowest BCUT2D eigenvalue weighted by atomic mass is 9.57. The first-order valence-corrected chi connectivity index (χ1v) is 7.11. The zero-order chi connectivity index (χ0) is 13.2. The molecule has 0 aromatic heterocycles. The van der Waals surface area contributed by atoms with E-state index in [4.69, 9.17) is 0 Å². The molecule has 2 aliphatic carbocycles. The Labute approximate surface area is 110 Å². The average molecular weight is 244 g/mol. The van der Waals surface area contributed by atoms with Gasteiger partial charge < -0.3 is 5.11 Å². The lowest BCUT2D eigenvalue weighted by molar-refractivity contribution is -0.150. The Morgan fingerprint density at radius 1 is 1.22 bits per heavy atom. The van der Waals surface area contributed by atoms with Crippen molar-refractivity contribution in [1.82, 2.24) is 0 Å². The van der Waals surface area contributed by atoms with Crippen LogP contribution in [0.5, 0.6) is 0 Å². The molecule has 2 aliphatic rings. The molecular weight excluding hydrogens is 220 g/mol. The van der Waals surface area contributed by atoms with Crippen molar-refractivity contribution >= 4 is 0 Å². The minimum absolute atomic E-state index is 0.0200. The van der Waals surface area contributed by atoms with Crippen LogP contribution in [0.3, 0.4) is 0 Å². The second-order valence-electron chi connectivity index (χ2n) is 7.30. The Morgan fingerprint density at radius 2 is 1.94 bits per heavy atom. The third-order valence-electron chi connectivity index (χ3n) is 6.00. The predicted octanol–water partition coefficient (Wildman–Crippen LogP) is 4.03. The van der Waals surface area contributed by atoms with Crippen molar-refractivity contribution in [3.05, 3.63) is 35.4 Å². The van der Waals surface area contributed by atoms with Crippen LogP contribution in [0.1, 0.15) is 51.2 Å². The second kappa shape index (κ2) is 3.39. The lowest BCUT2D eigenvalue weighted by Gasteiger charge is -2.51. The van der Waals surface area contributed by atoms with Crippen molar-refractivity contribution in [3.63, 3.8) is 0 Å². The van der Waals surface area contributed by atoms with E-state index in [9.17, 15) is 5.11 Å². The molecule has 1 heteroatoms. The monoisotopic (exact) mass is 244 g/mol. The van der Waals surface area contributed by atoms with Crippen LogP contribution in [0, 0.1) is 23.7 Å². The van der Waals surface area contributed by atoms with Gasteiger partial charge in [0.05, 0.1) is 0 Å². The van der Waals surface area contributed by atoms with Crippen LogP contribution in [0.4, 0.5) is 0 Å². The maximum atomic E-state index is 11.6. The van der Waals surface area contributed by atoms with Gasteiger partial charge in [0.25, 0.3) is 0 Å². The van der Waals surface area contributed by atoms with Gasteiger partial charge in [-0.25, -0.2) is 0 Å². The summed E-state index contributed by atoms with van der Waals surface area (Å²) in [6, 6.07) is 8.47. The lowest BCUT2D eigenvalue weighted by Crippen LogP contribution is -2.51. The molecule has 0 saturated heterocycles. The van der Waals surface area contributed by atoms with Gasteiger partial charge in [-0.1, -0.05) is 50.6 Å². The molecule has 0 spiro atoms. The van der Waals surface area contributed by atoms with E-state index in [0.29, 0.717) is 5.92 Å². The maximum Gasteiger partial charge on any atom is 0.100 e. The molecule has 3 rings (SSSR count). The van der Waals surface area contributed by atoms with E-state index in [2.05, 4.69) is 52.0 Å². The molecule has 18 heavy (non-hydrogen) atoms. The number of hydrogen-bond donors (Lipinski definition) is 1. The van der Waals surface area contributed by atoms with E-state index < -0.39 is 5.60 Å². The van der Waals surface area contributed by atoms with Crippen LogP contribution >= 0.6 is 0 Å². The van der Waals surface area contributed by atoms with Crippen LogP contribution in [0.15, 0.2) is 24.3 Å². The van der Waals surface area contributed by atoms with Crippen LogP contribution in [0.25, 0.3) is 0 Å². The molecule has 1 aromatic carbocycles. The van der Waals surface area contributed by atoms with Gasteiger partial charge >= 0.3 is 0 Å². The first-order chi connectivity index (χ1) is 8.31. The fraction of sp³-hybridized carbons (Fsp3) is 0.647. The minimum Gasteiger partial charge on any atom is -0.384 e. The van der Waals surface area contributed by atoms with Crippen molar-refractivity contribution < 1.29 is 5.11 Å². The van der Waals surface area contributed by atoms with Crippen LogP contribution in [-0.4, -0.2) is 5.11 Å². The van der Waals surface area contributed by atoms with E-state index >= 15 is 0 Å². The molecule has 0 radical (unpaired) electrons. The highest BCUT2D eigenvalue weighted by Crippen LogP contribution is 2.71. The number of benzene rings is 1. The zero-order valence-corrected chi connectivity index (χ0v) is 12.0. The zero-order valence-electron chi connectivity index (χ0n) is 12.0. The molecule has 3 atom stereocenters. The van der Waals surface area contributed by atoms with Gasteiger partial charge in [0.15, 0.2) is 0 Å². The first-order valence-electron chi connectivity index (χ1n) is 7.11. The Bertz CT molecular complexity index is 483. The van der Waals surface area contributed by atoms with Gasteiger partial charge in [-0.15, -0.1) is 0 Å². The minimum atomic E-state index is -0.672. The Hall–Kier alpha value is -0.820. The summed E-state index contributed by atoms with van der Waals surface area (Å²) in [6.07, 6.45) is 3.60. The molecule has 0 aliphatic heterocycles. The van der Waals surface area contributed by atoms with Gasteiger partial charge in [0.2, 0.25) is 0 Å². The molecule has 2 fully saturated rings. The quantitative estimate of drug-likeness (QED) is 0.791.